The molecule has 5 heteroatoms. The Kier molecular flexibility index (Phi) is 6.56. The van der Waals surface area contributed by atoms with Crippen molar-refractivity contribution < 1.29 is 19.4 Å². The lowest BCUT2D eigenvalue weighted by molar-refractivity contribution is -0.141. The third-order valence-corrected chi connectivity index (χ3v) is 2.92. The van der Waals surface area contributed by atoms with E-state index in [9.17, 15) is 9.59 Å². The molecular weight excluding hydrogens is 258 g/mol. The molecule has 2 N–H and O–H groups in total. The van der Waals surface area contributed by atoms with E-state index in [1.807, 2.05) is 31.2 Å². The number of aryl methyl sites for hydroxylation is 1. The third kappa shape index (κ3) is 5.30. The van der Waals surface area contributed by atoms with Gasteiger partial charge in [-0.05, 0) is 37.5 Å². The van der Waals surface area contributed by atoms with Gasteiger partial charge in [-0.15, -0.1) is 0 Å². The number of nitrogens with one attached hydrogen (secondary N) is 1. The van der Waals surface area contributed by atoms with Crippen LogP contribution in [0.15, 0.2) is 24.3 Å². The van der Waals surface area contributed by atoms with Gasteiger partial charge in [0.15, 0.2) is 0 Å². The number of aliphatic carboxylic acids is 1. The summed E-state index contributed by atoms with van der Waals surface area (Å²) in [5.74, 6) is -0.437. The summed E-state index contributed by atoms with van der Waals surface area (Å²) in [7, 11) is 0. The summed E-state index contributed by atoms with van der Waals surface area (Å²) in [6.45, 7) is 4.27. The van der Waals surface area contributed by atoms with Gasteiger partial charge in [0, 0.05) is 6.42 Å². The van der Waals surface area contributed by atoms with Crippen LogP contribution in [0.4, 0.5) is 0 Å². The standard InChI is InChI=1S/C15H21NO4/c1-3-13(15(18)19)16-14(17)10-7-11-5-8-12(9-6-11)20-4-2/h5-6,8-9,13H,3-4,7,10H2,1-2H3,(H,16,17)(H,18,19). The van der Waals surface area contributed by atoms with Crippen molar-refractivity contribution in [3.8, 4) is 5.75 Å². The van der Waals surface area contributed by atoms with E-state index >= 15 is 0 Å². The van der Waals surface area contributed by atoms with Crippen LogP contribution in [0.5, 0.6) is 5.75 Å². The van der Waals surface area contributed by atoms with Crippen molar-refractivity contribution in [2.45, 2.75) is 39.2 Å². The number of benzene rings is 1. The average molecular weight is 279 g/mol. The molecule has 20 heavy (non-hydrogen) atoms. The molecule has 1 atom stereocenters. The number of carboxylic acid groups (broad SMARTS) is 1. The zero-order chi connectivity index (χ0) is 15.0. The first-order valence-electron chi connectivity index (χ1n) is 6.80. The molecule has 0 saturated heterocycles. The molecule has 1 aromatic carbocycles. The minimum atomic E-state index is -0.998. The highest BCUT2D eigenvalue weighted by atomic mass is 16.5. The van der Waals surface area contributed by atoms with Crippen molar-refractivity contribution in [3.63, 3.8) is 0 Å². The van der Waals surface area contributed by atoms with Crippen LogP contribution >= 0.6 is 0 Å². The zero-order valence-corrected chi connectivity index (χ0v) is 11.9. The molecule has 1 rings (SSSR count). The molecule has 0 aliphatic heterocycles. The number of carbonyl (C=O) groups is 2. The quantitative estimate of drug-likeness (QED) is 0.763. The molecule has 0 aliphatic rings. The van der Waals surface area contributed by atoms with Crippen molar-refractivity contribution in [3.05, 3.63) is 29.8 Å². The second-order valence-corrected chi connectivity index (χ2v) is 4.44. The molecule has 5 nitrogen and oxygen atoms in total. The van der Waals surface area contributed by atoms with E-state index in [1.54, 1.807) is 6.92 Å². The van der Waals surface area contributed by atoms with Gasteiger partial charge in [-0.1, -0.05) is 19.1 Å². The molecule has 0 fully saturated rings. The lowest BCUT2D eigenvalue weighted by atomic mass is 10.1. The van der Waals surface area contributed by atoms with Crippen LogP contribution in [-0.2, 0) is 16.0 Å². The fraction of sp³-hybridized carbons (Fsp3) is 0.467. The van der Waals surface area contributed by atoms with Gasteiger partial charge in [0.25, 0.3) is 0 Å². The maximum absolute atomic E-state index is 11.7. The van der Waals surface area contributed by atoms with Gasteiger partial charge in [-0.3, -0.25) is 4.79 Å². The molecule has 0 spiro atoms. The van der Waals surface area contributed by atoms with Crippen LogP contribution in [0.2, 0.25) is 0 Å². The van der Waals surface area contributed by atoms with Crippen molar-refractivity contribution in [1.29, 1.82) is 0 Å². The molecule has 0 saturated carbocycles. The fourth-order valence-electron chi connectivity index (χ4n) is 1.78. The number of carbonyl (C=O) groups excluding carboxylic acids is 1. The number of ether oxygens (including phenoxy) is 1. The Balaban J connectivity index is 2.42. The first kappa shape index (κ1) is 16.0. The van der Waals surface area contributed by atoms with Gasteiger partial charge < -0.3 is 15.2 Å². The van der Waals surface area contributed by atoms with Gasteiger partial charge in [-0.25, -0.2) is 4.79 Å². The van der Waals surface area contributed by atoms with Crippen LogP contribution in [0, 0.1) is 0 Å². The predicted octanol–water partition coefficient (Wildman–Crippen LogP) is 2.00. The molecular formula is C15H21NO4. The van der Waals surface area contributed by atoms with Crippen molar-refractivity contribution in [2.75, 3.05) is 6.61 Å². The highest BCUT2D eigenvalue weighted by Crippen LogP contribution is 2.13. The van der Waals surface area contributed by atoms with Crippen LogP contribution in [0.25, 0.3) is 0 Å². The lowest BCUT2D eigenvalue weighted by Gasteiger charge is -2.12. The molecule has 110 valence electrons. The first-order valence-corrected chi connectivity index (χ1v) is 6.80. The molecule has 0 bridgehead atoms. The summed E-state index contributed by atoms with van der Waals surface area (Å²) in [5, 5.41) is 11.4. The van der Waals surface area contributed by atoms with Gasteiger partial charge in [0.2, 0.25) is 5.91 Å². The largest absolute Gasteiger partial charge is 0.494 e. The highest BCUT2D eigenvalue weighted by molar-refractivity contribution is 5.83. The predicted molar refractivity (Wildman–Crippen MR) is 75.8 cm³/mol. The molecule has 0 aliphatic carbocycles. The Morgan fingerprint density at radius 3 is 2.40 bits per heavy atom. The summed E-state index contributed by atoms with van der Waals surface area (Å²) < 4.78 is 5.34. The van der Waals surface area contributed by atoms with Crippen molar-refractivity contribution in [2.24, 2.45) is 0 Å². The number of rotatable bonds is 8. The maximum Gasteiger partial charge on any atom is 0.326 e. The number of hydrogen-bond acceptors (Lipinski definition) is 3. The Labute approximate surface area is 118 Å². The van der Waals surface area contributed by atoms with Gasteiger partial charge in [0.05, 0.1) is 6.61 Å². The second kappa shape index (κ2) is 8.19. The number of carboxylic acids is 1. The average Bonchev–Trinajstić information content (AvgIpc) is 2.44. The molecule has 0 heterocycles. The van der Waals surface area contributed by atoms with Gasteiger partial charge in [-0.2, -0.15) is 0 Å². The van der Waals surface area contributed by atoms with Gasteiger partial charge in [0.1, 0.15) is 11.8 Å². The van der Waals surface area contributed by atoms with Crippen LogP contribution in [-0.4, -0.2) is 29.6 Å². The Morgan fingerprint density at radius 2 is 1.90 bits per heavy atom. The minimum Gasteiger partial charge on any atom is -0.494 e. The Bertz CT molecular complexity index is 442. The molecule has 0 radical (unpaired) electrons. The van der Waals surface area contributed by atoms with E-state index in [1.165, 1.54) is 0 Å². The monoisotopic (exact) mass is 279 g/mol. The van der Waals surface area contributed by atoms with Crippen LogP contribution in [0.1, 0.15) is 32.3 Å². The van der Waals surface area contributed by atoms with E-state index in [0.29, 0.717) is 19.4 Å². The van der Waals surface area contributed by atoms with E-state index in [4.69, 9.17) is 9.84 Å². The number of amides is 1. The normalized spacial score (nSPS) is 11.7. The SMILES string of the molecule is CCOc1ccc(CCC(=O)NC(CC)C(=O)O)cc1. The molecule has 0 aromatic heterocycles. The smallest absolute Gasteiger partial charge is 0.326 e. The Hall–Kier alpha value is -2.04. The molecule has 1 unspecified atom stereocenters. The topological polar surface area (TPSA) is 75.6 Å². The van der Waals surface area contributed by atoms with Crippen LogP contribution in [0.3, 0.4) is 0 Å². The summed E-state index contributed by atoms with van der Waals surface area (Å²) in [6.07, 6.45) is 1.23. The third-order valence-electron chi connectivity index (χ3n) is 2.92. The van der Waals surface area contributed by atoms with E-state index in [-0.39, 0.29) is 12.3 Å². The van der Waals surface area contributed by atoms with Crippen molar-refractivity contribution >= 4 is 11.9 Å². The van der Waals surface area contributed by atoms with E-state index in [0.717, 1.165) is 11.3 Å². The second-order valence-electron chi connectivity index (χ2n) is 4.44. The highest BCUT2D eigenvalue weighted by Gasteiger charge is 2.16. The summed E-state index contributed by atoms with van der Waals surface area (Å²) in [4.78, 5) is 22.5. The van der Waals surface area contributed by atoms with Crippen LogP contribution < -0.4 is 10.1 Å². The fourth-order valence-corrected chi connectivity index (χ4v) is 1.78. The van der Waals surface area contributed by atoms with Crippen molar-refractivity contribution in [1.82, 2.24) is 5.32 Å². The van der Waals surface area contributed by atoms with Gasteiger partial charge >= 0.3 is 5.97 Å². The Morgan fingerprint density at radius 1 is 1.25 bits per heavy atom. The summed E-state index contributed by atoms with van der Waals surface area (Å²) >= 11 is 0. The molecule has 1 amide bonds. The maximum atomic E-state index is 11.7. The minimum absolute atomic E-state index is 0.242. The molecule has 1 aromatic rings. The number of hydrogen-bond donors (Lipinski definition) is 2. The van der Waals surface area contributed by atoms with E-state index < -0.39 is 12.0 Å². The summed E-state index contributed by atoms with van der Waals surface area (Å²) in [5.41, 5.74) is 1.02. The first-order chi connectivity index (χ1) is 9.56. The van der Waals surface area contributed by atoms with E-state index in [2.05, 4.69) is 5.32 Å². The zero-order valence-electron chi connectivity index (χ0n) is 11.9. The summed E-state index contributed by atoms with van der Waals surface area (Å²) in [6, 6.07) is 6.74. The lowest BCUT2D eigenvalue weighted by Crippen LogP contribution is -2.40.